The van der Waals surface area contributed by atoms with Crippen molar-refractivity contribution >= 4 is 5.78 Å². The van der Waals surface area contributed by atoms with E-state index in [4.69, 9.17) is 14.7 Å². The van der Waals surface area contributed by atoms with Gasteiger partial charge >= 0.3 is 0 Å². The third kappa shape index (κ3) is 2.45. The number of carbonyl (C=O) groups is 1. The lowest BCUT2D eigenvalue weighted by atomic mass is 9.85. The van der Waals surface area contributed by atoms with E-state index in [1.54, 1.807) is 33.1 Å². The number of hydrogen-bond acceptors (Lipinski definition) is 4. The van der Waals surface area contributed by atoms with Crippen molar-refractivity contribution in [3.8, 4) is 17.6 Å². The Labute approximate surface area is 107 Å². The number of carbonyl (C=O) groups excluding carboxylic acids is 1. The van der Waals surface area contributed by atoms with Crippen LogP contribution in [-0.2, 0) is 0 Å². The number of aryl methyl sites for hydroxylation is 1. The predicted octanol–water partition coefficient (Wildman–Crippen LogP) is 2.74. The molecule has 0 fully saturated rings. The minimum Gasteiger partial charge on any atom is -0.496 e. The van der Waals surface area contributed by atoms with E-state index >= 15 is 0 Å². The van der Waals surface area contributed by atoms with Crippen LogP contribution in [0.15, 0.2) is 12.1 Å². The molecule has 0 radical (unpaired) electrons. The van der Waals surface area contributed by atoms with Crippen LogP contribution < -0.4 is 9.47 Å². The fourth-order valence-corrected chi connectivity index (χ4v) is 1.62. The average Bonchev–Trinajstić information content (AvgIpc) is 2.37. The lowest BCUT2D eigenvalue weighted by molar-refractivity contribution is 0.0888. The highest BCUT2D eigenvalue weighted by molar-refractivity contribution is 6.04. The summed E-state index contributed by atoms with van der Waals surface area (Å²) in [6, 6.07) is 5.35. The zero-order valence-corrected chi connectivity index (χ0v) is 11.3. The molecule has 0 aliphatic heterocycles. The van der Waals surface area contributed by atoms with Crippen molar-refractivity contribution in [2.45, 2.75) is 20.8 Å². The molecule has 18 heavy (non-hydrogen) atoms. The lowest BCUT2D eigenvalue weighted by Gasteiger charge is -2.17. The van der Waals surface area contributed by atoms with Gasteiger partial charge in [-0.15, -0.1) is 0 Å². The molecule has 0 atom stereocenters. The highest BCUT2D eigenvalue weighted by Gasteiger charge is 2.31. The standard InChI is InChI=1S/C14H17NO3/c1-9-6-12(18-5)10(7-11(9)17-4)13(16)14(2,3)8-15/h6-7H,1-5H3. The first-order chi connectivity index (χ1) is 8.37. The molecular weight excluding hydrogens is 230 g/mol. The van der Waals surface area contributed by atoms with Crippen LogP contribution in [-0.4, -0.2) is 20.0 Å². The molecule has 96 valence electrons. The fraction of sp³-hybridized carbons (Fsp3) is 0.429. The smallest absolute Gasteiger partial charge is 0.186 e. The number of nitriles is 1. The van der Waals surface area contributed by atoms with E-state index in [9.17, 15) is 4.79 Å². The molecule has 0 spiro atoms. The first-order valence-electron chi connectivity index (χ1n) is 5.56. The van der Waals surface area contributed by atoms with Gasteiger partial charge in [-0.1, -0.05) is 0 Å². The molecule has 1 aromatic rings. The number of benzene rings is 1. The second kappa shape index (κ2) is 5.09. The summed E-state index contributed by atoms with van der Waals surface area (Å²) in [5, 5.41) is 9.03. The topological polar surface area (TPSA) is 59.3 Å². The van der Waals surface area contributed by atoms with Crippen LogP contribution in [0.5, 0.6) is 11.5 Å². The Morgan fingerprint density at radius 1 is 1.22 bits per heavy atom. The molecule has 4 heteroatoms. The molecule has 4 nitrogen and oxygen atoms in total. The summed E-state index contributed by atoms with van der Waals surface area (Å²) in [5.74, 6) is 0.787. The highest BCUT2D eigenvalue weighted by Crippen LogP contribution is 2.32. The summed E-state index contributed by atoms with van der Waals surface area (Å²) in [7, 11) is 3.04. The molecule has 0 N–H and O–H groups in total. The van der Waals surface area contributed by atoms with Crippen molar-refractivity contribution in [2.75, 3.05) is 14.2 Å². The Kier molecular flexibility index (Phi) is 3.97. The molecule has 0 bridgehead atoms. The van der Waals surface area contributed by atoms with E-state index in [2.05, 4.69) is 0 Å². The number of hydrogen-bond donors (Lipinski definition) is 0. The zero-order valence-electron chi connectivity index (χ0n) is 11.3. The van der Waals surface area contributed by atoms with Crippen molar-refractivity contribution in [3.63, 3.8) is 0 Å². The molecule has 1 rings (SSSR count). The number of nitrogens with zero attached hydrogens (tertiary/aromatic N) is 1. The number of methoxy groups -OCH3 is 2. The monoisotopic (exact) mass is 247 g/mol. The Bertz CT molecular complexity index is 513. The summed E-state index contributed by atoms with van der Waals surface area (Å²) >= 11 is 0. The van der Waals surface area contributed by atoms with Crippen LogP contribution in [0.25, 0.3) is 0 Å². The van der Waals surface area contributed by atoms with Gasteiger partial charge in [0.1, 0.15) is 16.9 Å². The van der Waals surface area contributed by atoms with E-state index in [-0.39, 0.29) is 5.78 Å². The van der Waals surface area contributed by atoms with Gasteiger partial charge in [0.25, 0.3) is 0 Å². The summed E-state index contributed by atoms with van der Waals surface area (Å²) in [5.41, 5.74) is 0.153. The van der Waals surface area contributed by atoms with Gasteiger partial charge in [-0.3, -0.25) is 4.79 Å². The second-order valence-electron chi connectivity index (χ2n) is 4.59. The molecule has 1 aromatic carbocycles. The average molecular weight is 247 g/mol. The van der Waals surface area contributed by atoms with Crippen LogP contribution in [0, 0.1) is 23.7 Å². The molecule has 0 aliphatic rings. The van der Waals surface area contributed by atoms with Gasteiger partial charge in [0.05, 0.1) is 25.9 Å². The zero-order chi connectivity index (χ0) is 13.9. The van der Waals surface area contributed by atoms with Crippen molar-refractivity contribution in [3.05, 3.63) is 23.3 Å². The SMILES string of the molecule is COc1cc(C(=O)C(C)(C)C#N)c(OC)cc1C. The molecule has 0 saturated heterocycles. The van der Waals surface area contributed by atoms with E-state index in [1.165, 1.54) is 7.11 Å². The minimum absolute atomic E-state index is 0.278. The Morgan fingerprint density at radius 3 is 2.22 bits per heavy atom. The Hall–Kier alpha value is -2.02. The first kappa shape index (κ1) is 14.0. The van der Waals surface area contributed by atoms with Gasteiger partial charge in [0.2, 0.25) is 0 Å². The fourth-order valence-electron chi connectivity index (χ4n) is 1.62. The van der Waals surface area contributed by atoms with Crippen LogP contribution in [0.3, 0.4) is 0 Å². The normalized spacial score (nSPS) is 10.7. The summed E-state index contributed by atoms with van der Waals surface area (Å²) in [6.07, 6.45) is 0. The van der Waals surface area contributed by atoms with Crippen LogP contribution in [0.4, 0.5) is 0 Å². The molecule has 0 saturated carbocycles. The van der Waals surface area contributed by atoms with E-state index < -0.39 is 5.41 Å². The highest BCUT2D eigenvalue weighted by atomic mass is 16.5. The molecular formula is C14H17NO3. The van der Waals surface area contributed by atoms with E-state index in [0.717, 1.165) is 5.56 Å². The summed E-state index contributed by atoms with van der Waals surface area (Å²) in [4.78, 5) is 12.3. The quantitative estimate of drug-likeness (QED) is 0.767. The molecule has 0 aromatic heterocycles. The van der Waals surface area contributed by atoms with Crippen LogP contribution in [0.2, 0.25) is 0 Å². The third-order valence-corrected chi connectivity index (χ3v) is 2.81. The predicted molar refractivity (Wildman–Crippen MR) is 68.0 cm³/mol. The van der Waals surface area contributed by atoms with Crippen molar-refractivity contribution in [1.82, 2.24) is 0 Å². The van der Waals surface area contributed by atoms with Crippen molar-refractivity contribution < 1.29 is 14.3 Å². The van der Waals surface area contributed by atoms with Gasteiger partial charge in [-0.25, -0.2) is 0 Å². The van der Waals surface area contributed by atoms with Gasteiger partial charge in [0, 0.05) is 0 Å². The third-order valence-electron chi connectivity index (χ3n) is 2.81. The van der Waals surface area contributed by atoms with Crippen molar-refractivity contribution in [2.24, 2.45) is 5.41 Å². The minimum atomic E-state index is -1.09. The van der Waals surface area contributed by atoms with Crippen molar-refractivity contribution in [1.29, 1.82) is 5.26 Å². The van der Waals surface area contributed by atoms with Gasteiger partial charge in [-0.2, -0.15) is 5.26 Å². The largest absolute Gasteiger partial charge is 0.496 e. The summed E-state index contributed by atoms with van der Waals surface area (Å²) in [6.45, 7) is 5.03. The van der Waals surface area contributed by atoms with Crippen LogP contribution in [0.1, 0.15) is 29.8 Å². The maximum Gasteiger partial charge on any atom is 0.186 e. The maximum absolute atomic E-state index is 12.3. The number of Topliss-reactive ketones (excluding diaryl/α,β-unsaturated/α-hetero) is 1. The second-order valence-corrected chi connectivity index (χ2v) is 4.59. The molecule has 0 heterocycles. The molecule has 0 amide bonds. The van der Waals surface area contributed by atoms with Gasteiger partial charge in [0.15, 0.2) is 5.78 Å². The van der Waals surface area contributed by atoms with E-state index in [1.807, 2.05) is 13.0 Å². The molecule has 0 unspecified atom stereocenters. The summed E-state index contributed by atoms with van der Waals surface area (Å²) < 4.78 is 10.4. The van der Waals surface area contributed by atoms with E-state index in [0.29, 0.717) is 17.1 Å². The number of rotatable bonds is 4. The number of ether oxygens (including phenoxy) is 2. The lowest BCUT2D eigenvalue weighted by Crippen LogP contribution is -2.23. The Balaban J connectivity index is 3.40. The number of ketones is 1. The van der Waals surface area contributed by atoms with Gasteiger partial charge < -0.3 is 9.47 Å². The van der Waals surface area contributed by atoms with Gasteiger partial charge in [-0.05, 0) is 38.5 Å². The Morgan fingerprint density at radius 2 is 1.78 bits per heavy atom. The maximum atomic E-state index is 12.3. The first-order valence-corrected chi connectivity index (χ1v) is 5.56. The van der Waals surface area contributed by atoms with Crippen LogP contribution >= 0.6 is 0 Å². The molecule has 0 aliphatic carbocycles.